The zero-order valence-corrected chi connectivity index (χ0v) is 23.7. The lowest BCUT2D eigenvalue weighted by atomic mass is 9.80. The zero-order chi connectivity index (χ0) is 28.0. The second-order valence-corrected chi connectivity index (χ2v) is 11.8. The average molecular weight is 549 g/mol. The molecule has 1 aliphatic carbocycles. The molecule has 39 heavy (non-hydrogen) atoms. The summed E-state index contributed by atoms with van der Waals surface area (Å²) in [6.45, 7) is 8.52. The second-order valence-electron chi connectivity index (χ2n) is 10.9. The van der Waals surface area contributed by atoms with Crippen molar-refractivity contribution in [1.29, 1.82) is 5.41 Å². The molecule has 8 nitrogen and oxygen atoms in total. The predicted octanol–water partition coefficient (Wildman–Crippen LogP) is 4.91. The van der Waals surface area contributed by atoms with Gasteiger partial charge in [-0.05, 0) is 75.9 Å². The van der Waals surface area contributed by atoms with Crippen molar-refractivity contribution in [2.75, 3.05) is 13.2 Å². The van der Waals surface area contributed by atoms with E-state index in [-0.39, 0.29) is 24.8 Å². The molecular weight excluding hydrogens is 512 g/mol. The highest BCUT2D eigenvalue weighted by atomic mass is 32.1. The predicted molar refractivity (Wildman–Crippen MR) is 153 cm³/mol. The lowest BCUT2D eigenvalue weighted by Gasteiger charge is -2.29. The fourth-order valence-corrected chi connectivity index (χ4v) is 5.45. The SMILES string of the molecule is CC(=N)NCCOc1ccc(-c2csc(CNC(=O)C3(CC(=O)OC(C)(C)C)Cc4ccccc4C3)n2)cc1. The van der Waals surface area contributed by atoms with E-state index in [0.29, 0.717) is 31.8 Å². The molecule has 0 atom stereocenters. The third kappa shape index (κ3) is 7.66. The van der Waals surface area contributed by atoms with Gasteiger partial charge in [0, 0.05) is 10.9 Å². The summed E-state index contributed by atoms with van der Waals surface area (Å²) in [5.41, 5.74) is 2.49. The normalized spacial score (nSPS) is 13.8. The molecular formula is C30H36N4O4S. The van der Waals surface area contributed by atoms with E-state index in [1.807, 2.05) is 74.7 Å². The Labute approximate surface area is 233 Å². The van der Waals surface area contributed by atoms with Crippen LogP contribution in [0.1, 0.15) is 50.3 Å². The molecule has 3 aromatic rings. The number of thiazole rings is 1. The molecule has 0 saturated carbocycles. The molecule has 1 amide bonds. The van der Waals surface area contributed by atoms with Gasteiger partial charge in [-0.25, -0.2) is 4.98 Å². The summed E-state index contributed by atoms with van der Waals surface area (Å²) < 4.78 is 11.3. The highest BCUT2D eigenvalue weighted by molar-refractivity contribution is 7.09. The molecule has 206 valence electrons. The first kappa shape index (κ1) is 28.3. The first-order valence-corrected chi connectivity index (χ1v) is 13.9. The van der Waals surface area contributed by atoms with Crippen LogP contribution in [-0.4, -0.2) is 41.4 Å². The molecule has 3 N–H and O–H groups in total. The average Bonchev–Trinajstić information content (AvgIpc) is 3.49. The Morgan fingerprint density at radius 1 is 1.05 bits per heavy atom. The first-order valence-electron chi connectivity index (χ1n) is 13.1. The van der Waals surface area contributed by atoms with Gasteiger partial charge < -0.3 is 20.1 Å². The van der Waals surface area contributed by atoms with E-state index >= 15 is 0 Å². The van der Waals surface area contributed by atoms with Crippen LogP contribution in [0, 0.1) is 10.8 Å². The molecule has 0 saturated heterocycles. The molecule has 4 rings (SSSR count). The number of fused-ring (bicyclic) bond motifs is 1. The van der Waals surface area contributed by atoms with Crippen molar-refractivity contribution < 1.29 is 19.1 Å². The Morgan fingerprint density at radius 2 is 1.72 bits per heavy atom. The summed E-state index contributed by atoms with van der Waals surface area (Å²) in [5.74, 6) is 0.640. The van der Waals surface area contributed by atoms with E-state index in [0.717, 1.165) is 33.1 Å². The Kier molecular flexibility index (Phi) is 8.70. The van der Waals surface area contributed by atoms with Crippen molar-refractivity contribution in [2.24, 2.45) is 5.41 Å². The van der Waals surface area contributed by atoms with Crippen molar-refractivity contribution in [1.82, 2.24) is 15.6 Å². The minimum atomic E-state index is -0.880. The molecule has 0 spiro atoms. The van der Waals surface area contributed by atoms with E-state index in [4.69, 9.17) is 19.9 Å². The molecule has 1 heterocycles. The molecule has 0 unspecified atom stereocenters. The monoisotopic (exact) mass is 548 g/mol. The standard InChI is InChI=1S/C30H36N4O4S/c1-20(31)32-13-14-37-24-11-9-21(10-12-24)25-19-39-26(34-25)18-33-28(36)30(17-27(35)38-29(2,3)4)15-22-7-5-6-8-23(22)16-30/h5-12,19H,13-18H2,1-4H3,(H2,31,32)(H,33,36). The maximum Gasteiger partial charge on any atom is 0.307 e. The van der Waals surface area contributed by atoms with Gasteiger partial charge in [0.1, 0.15) is 23.0 Å². The van der Waals surface area contributed by atoms with Crippen LogP contribution in [0.4, 0.5) is 0 Å². The Balaban J connectivity index is 1.38. The van der Waals surface area contributed by atoms with E-state index in [2.05, 4.69) is 10.6 Å². The molecule has 0 aliphatic heterocycles. The smallest absolute Gasteiger partial charge is 0.307 e. The maximum absolute atomic E-state index is 13.6. The van der Waals surface area contributed by atoms with Gasteiger partial charge in [0.25, 0.3) is 0 Å². The van der Waals surface area contributed by atoms with Crippen molar-refractivity contribution >= 4 is 29.0 Å². The lowest BCUT2D eigenvalue weighted by molar-refractivity contribution is -0.160. The van der Waals surface area contributed by atoms with Crippen molar-refractivity contribution in [3.8, 4) is 17.0 Å². The summed E-state index contributed by atoms with van der Waals surface area (Å²) in [6.07, 6.45) is 1.03. The number of ether oxygens (including phenoxy) is 2. The molecule has 0 fully saturated rings. The molecule has 9 heteroatoms. The van der Waals surface area contributed by atoms with Gasteiger partial charge in [0.15, 0.2) is 0 Å². The van der Waals surface area contributed by atoms with Gasteiger partial charge in [0.05, 0.1) is 36.5 Å². The third-order valence-corrected chi connectivity index (χ3v) is 7.27. The number of carbonyl (C=O) groups excluding carboxylic acids is 2. The van der Waals surface area contributed by atoms with Crippen LogP contribution in [0.15, 0.2) is 53.9 Å². The quantitative estimate of drug-likeness (QED) is 0.144. The highest BCUT2D eigenvalue weighted by Crippen LogP contribution is 2.41. The third-order valence-electron chi connectivity index (χ3n) is 6.42. The van der Waals surface area contributed by atoms with Crippen molar-refractivity contribution in [3.05, 3.63) is 70.0 Å². The number of amidine groups is 1. The summed E-state index contributed by atoms with van der Waals surface area (Å²) in [6, 6.07) is 15.7. The number of amides is 1. The number of carbonyl (C=O) groups is 2. The maximum atomic E-state index is 13.6. The van der Waals surface area contributed by atoms with Crippen LogP contribution in [0.2, 0.25) is 0 Å². The van der Waals surface area contributed by atoms with E-state index in [1.165, 1.54) is 11.3 Å². The minimum Gasteiger partial charge on any atom is -0.492 e. The van der Waals surface area contributed by atoms with Crippen LogP contribution in [0.5, 0.6) is 5.75 Å². The number of nitrogens with zero attached hydrogens (tertiary/aromatic N) is 1. The van der Waals surface area contributed by atoms with Gasteiger partial charge in [-0.3, -0.25) is 15.0 Å². The molecule has 0 bridgehead atoms. The summed E-state index contributed by atoms with van der Waals surface area (Å²) in [5, 5.41) is 16.1. The summed E-state index contributed by atoms with van der Waals surface area (Å²) in [7, 11) is 0. The molecule has 2 aromatic carbocycles. The Bertz CT molecular complexity index is 1300. The van der Waals surface area contributed by atoms with Crippen LogP contribution in [0.25, 0.3) is 11.3 Å². The number of hydrogen-bond donors (Lipinski definition) is 3. The summed E-state index contributed by atoms with van der Waals surface area (Å²) in [4.78, 5) is 31.1. The highest BCUT2D eigenvalue weighted by Gasteiger charge is 2.46. The lowest BCUT2D eigenvalue weighted by Crippen LogP contribution is -2.44. The Morgan fingerprint density at radius 3 is 2.33 bits per heavy atom. The van der Waals surface area contributed by atoms with Crippen LogP contribution >= 0.6 is 11.3 Å². The van der Waals surface area contributed by atoms with Crippen LogP contribution in [-0.2, 0) is 33.7 Å². The molecule has 1 aliphatic rings. The van der Waals surface area contributed by atoms with E-state index < -0.39 is 11.0 Å². The second kappa shape index (κ2) is 12.0. The number of aromatic nitrogens is 1. The van der Waals surface area contributed by atoms with Gasteiger partial charge in [-0.1, -0.05) is 24.3 Å². The molecule has 0 radical (unpaired) electrons. The minimum absolute atomic E-state index is 0.0271. The first-order chi connectivity index (χ1) is 18.5. The van der Waals surface area contributed by atoms with Crippen molar-refractivity contribution in [2.45, 2.75) is 59.1 Å². The van der Waals surface area contributed by atoms with Crippen LogP contribution in [0.3, 0.4) is 0 Å². The van der Waals surface area contributed by atoms with E-state index in [9.17, 15) is 9.59 Å². The van der Waals surface area contributed by atoms with Gasteiger partial charge in [-0.15, -0.1) is 11.3 Å². The molecule has 1 aromatic heterocycles. The fraction of sp³-hybridized carbons (Fsp3) is 0.400. The van der Waals surface area contributed by atoms with E-state index in [1.54, 1.807) is 6.92 Å². The van der Waals surface area contributed by atoms with Gasteiger partial charge in [-0.2, -0.15) is 0 Å². The topological polar surface area (TPSA) is 113 Å². The van der Waals surface area contributed by atoms with Gasteiger partial charge in [0.2, 0.25) is 5.91 Å². The Hall–Kier alpha value is -3.72. The van der Waals surface area contributed by atoms with Gasteiger partial charge >= 0.3 is 5.97 Å². The number of esters is 1. The fourth-order valence-electron chi connectivity index (χ4n) is 4.71. The van der Waals surface area contributed by atoms with Crippen molar-refractivity contribution in [3.63, 3.8) is 0 Å². The zero-order valence-electron chi connectivity index (χ0n) is 22.9. The van der Waals surface area contributed by atoms with Crippen LogP contribution < -0.4 is 15.4 Å². The summed E-state index contributed by atoms with van der Waals surface area (Å²) >= 11 is 1.48. The number of hydrogen-bond acceptors (Lipinski definition) is 7. The number of rotatable bonds is 10. The largest absolute Gasteiger partial charge is 0.492 e. The number of nitrogens with one attached hydrogen (secondary N) is 3. The number of benzene rings is 2.